The van der Waals surface area contributed by atoms with E-state index in [0.717, 1.165) is 30.6 Å². The van der Waals surface area contributed by atoms with Crippen molar-refractivity contribution in [1.29, 1.82) is 0 Å². The Kier molecular flexibility index (Phi) is 3.89. The Morgan fingerprint density at radius 1 is 1.29 bits per heavy atom. The average molecular weight is 287 g/mol. The Hall–Kier alpha value is -1.55. The minimum absolute atomic E-state index is 0.179. The van der Waals surface area contributed by atoms with Gasteiger partial charge in [0.25, 0.3) is 0 Å². The second-order valence-electron chi connectivity index (χ2n) is 6.51. The van der Waals surface area contributed by atoms with Gasteiger partial charge in [-0.2, -0.15) is 0 Å². The summed E-state index contributed by atoms with van der Waals surface area (Å²) < 4.78 is 0. The number of nitrogens with zero attached hydrogens (tertiary/aromatic N) is 1. The second-order valence-corrected chi connectivity index (χ2v) is 6.51. The smallest absolute Gasteiger partial charge is 0.230 e. The largest absolute Gasteiger partial charge is 0.399 e. The maximum absolute atomic E-state index is 12.6. The lowest BCUT2D eigenvalue weighted by Gasteiger charge is -2.25. The van der Waals surface area contributed by atoms with Gasteiger partial charge in [0.2, 0.25) is 5.91 Å². The Bertz CT molecular complexity index is 501. The summed E-state index contributed by atoms with van der Waals surface area (Å²) in [5.74, 6) is 0.179. The lowest BCUT2D eigenvalue weighted by atomic mass is 9.94. The molecule has 1 aromatic rings. The average Bonchev–Trinajstić information content (AvgIpc) is 3.11. The summed E-state index contributed by atoms with van der Waals surface area (Å²) >= 11 is 0. The fourth-order valence-electron chi connectivity index (χ4n) is 3.30. The van der Waals surface area contributed by atoms with Crippen LogP contribution in [0.25, 0.3) is 0 Å². The number of nitrogens with two attached hydrogens (primary N) is 1. The van der Waals surface area contributed by atoms with Gasteiger partial charge in [0, 0.05) is 18.3 Å². The molecular formula is C17H25N3O. The van der Waals surface area contributed by atoms with Gasteiger partial charge in [-0.3, -0.25) is 9.69 Å². The van der Waals surface area contributed by atoms with Crippen molar-refractivity contribution in [3.63, 3.8) is 0 Å². The molecule has 21 heavy (non-hydrogen) atoms. The summed E-state index contributed by atoms with van der Waals surface area (Å²) in [5, 5.41) is 3.16. The third-order valence-electron chi connectivity index (χ3n) is 4.97. The van der Waals surface area contributed by atoms with Crippen LogP contribution in [0.4, 0.5) is 5.69 Å². The van der Waals surface area contributed by atoms with Crippen LogP contribution in [-0.2, 0) is 10.2 Å². The first-order valence-electron chi connectivity index (χ1n) is 8.00. The van der Waals surface area contributed by atoms with E-state index in [-0.39, 0.29) is 11.3 Å². The predicted molar refractivity (Wildman–Crippen MR) is 85.0 cm³/mol. The van der Waals surface area contributed by atoms with E-state index in [9.17, 15) is 4.79 Å². The van der Waals surface area contributed by atoms with E-state index in [1.165, 1.54) is 25.9 Å². The molecule has 2 fully saturated rings. The van der Waals surface area contributed by atoms with Gasteiger partial charge in [-0.15, -0.1) is 0 Å². The number of amides is 1. The van der Waals surface area contributed by atoms with E-state index in [1.54, 1.807) is 0 Å². The van der Waals surface area contributed by atoms with Gasteiger partial charge in [0.15, 0.2) is 0 Å². The highest BCUT2D eigenvalue weighted by Gasteiger charge is 2.51. The van der Waals surface area contributed by atoms with E-state index in [0.29, 0.717) is 6.04 Å². The molecule has 1 aliphatic heterocycles. The highest BCUT2D eigenvalue weighted by atomic mass is 16.2. The van der Waals surface area contributed by atoms with E-state index in [1.807, 2.05) is 24.3 Å². The molecule has 1 amide bonds. The molecule has 1 saturated heterocycles. The summed E-state index contributed by atoms with van der Waals surface area (Å²) in [6.07, 6.45) is 4.46. The van der Waals surface area contributed by atoms with Crippen molar-refractivity contribution < 1.29 is 4.79 Å². The maximum Gasteiger partial charge on any atom is 0.230 e. The molecule has 1 aliphatic carbocycles. The molecular weight excluding hydrogens is 262 g/mol. The lowest BCUT2D eigenvalue weighted by Crippen LogP contribution is -2.44. The van der Waals surface area contributed by atoms with Crippen molar-refractivity contribution in [2.45, 2.75) is 44.1 Å². The molecule has 1 aromatic carbocycles. The molecule has 114 valence electrons. The Labute approximate surface area is 126 Å². The van der Waals surface area contributed by atoms with Gasteiger partial charge in [0.1, 0.15) is 0 Å². The monoisotopic (exact) mass is 287 g/mol. The number of hydrogen-bond acceptors (Lipinski definition) is 3. The number of rotatable bonds is 5. The first kappa shape index (κ1) is 14.4. The lowest BCUT2D eigenvalue weighted by molar-refractivity contribution is -0.123. The molecule has 0 radical (unpaired) electrons. The summed E-state index contributed by atoms with van der Waals surface area (Å²) in [6.45, 7) is 5.28. The van der Waals surface area contributed by atoms with Crippen LogP contribution in [0, 0.1) is 0 Å². The number of hydrogen-bond donors (Lipinski definition) is 2. The van der Waals surface area contributed by atoms with Crippen molar-refractivity contribution in [2.24, 2.45) is 0 Å². The minimum Gasteiger partial charge on any atom is -0.399 e. The number of nitrogen functional groups attached to an aromatic ring is 1. The van der Waals surface area contributed by atoms with Crippen LogP contribution in [0.2, 0.25) is 0 Å². The Morgan fingerprint density at radius 2 is 1.90 bits per heavy atom. The molecule has 3 N–H and O–H groups in total. The van der Waals surface area contributed by atoms with Crippen LogP contribution < -0.4 is 11.1 Å². The Balaban J connectivity index is 1.58. The minimum atomic E-state index is -0.293. The van der Waals surface area contributed by atoms with Gasteiger partial charge >= 0.3 is 0 Å². The summed E-state index contributed by atoms with van der Waals surface area (Å²) in [5.41, 5.74) is 7.28. The molecule has 0 spiro atoms. The van der Waals surface area contributed by atoms with E-state index < -0.39 is 0 Å². The van der Waals surface area contributed by atoms with Crippen molar-refractivity contribution in [1.82, 2.24) is 10.2 Å². The molecule has 0 bridgehead atoms. The zero-order valence-electron chi connectivity index (χ0n) is 12.8. The molecule has 4 heteroatoms. The van der Waals surface area contributed by atoms with Crippen LogP contribution in [0.15, 0.2) is 24.3 Å². The molecule has 1 heterocycles. The highest BCUT2D eigenvalue weighted by molar-refractivity contribution is 5.91. The molecule has 2 aliphatic rings. The molecule has 1 unspecified atom stereocenters. The van der Waals surface area contributed by atoms with Crippen molar-refractivity contribution in [3.8, 4) is 0 Å². The first-order chi connectivity index (χ1) is 10.1. The third-order valence-corrected chi connectivity index (χ3v) is 4.97. The van der Waals surface area contributed by atoms with E-state index in [4.69, 9.17) is 5.73 Å². The van der Waals surface area contributed by atoms with Crippen LogP contribution in [-0.4, -0.2) is 36.5 Å². The van der Waals surface area contributed by atoms with Crippen LogP contribution >= 0.6 is 0 Å². The van der Waals surface area contributed by atoms with Gasteiger partial charge in [-0.1, -0.05) is 12.1 Å². The van der Waals surface area contributed by atoms with Crippen molar-refractivity contribution in [2.75, 3.05) is 25.4 Å². The number of nitrogens with one attached hydrogen (secondary N) is 1. The predicted octanol–water partition coefficient (Wildman–Crippen LogP) is 1.90. The molecule has 4 nitrogen and oxygen atoms in total. The zero-order valence-corrected chi connectivity index (χ0v) is 12.8. The third kappa shape index (κ3) is 2.91. The van der Waals surface area contributed by atoms with Crippen LogP contribution in [0.1, 0.15) is 38.2 Å². The Morgan fingerprint density at radius 3 is 2.48 bits per heavy atom. The normalized spacial score (nSPS) is 22.0. The van der Waals surface area contributed by atoms with Crippen LogP contribution in [0.5, 0.6) is 0 Å². The highest BCUT2D eigenvalue weighted by Crippen LogP contribution is 2.48. The summed E-state index contributed by atoms with van der Waals surface area (Å²) in [6, 6.07) is 8.18. The number of benzene rings is 1. The maximum atomic E-state index is 12.6. The summed E-state index contributed by atoms with van der Waals surface area (Å²) in [4.78, 5) is 15.0. The molecule has 1 atom stereocenters. The van der Waals surface area contributed by atoms with Gasteiger partial charge < -0.3 is 11.1 Å². The fourth-order valence-corrected chi connectivity index (χ4v) is 3.30. The van der Waals surface area contributed by atoms with Crippen LogP contribution in [0.3, 0.4) is 0 Å². The zero-order chi connectivity index (χ0) is 14.9. The SMILES string of the molecule is CC(CNC(=O)C1(c2ccc(N)cc2)CC1)N1CCCC1. The van der Waals surface area contributed by atoms with Gasteiger partial charge in [0.05, 0.1) is 5.41 Å². The van der Waals surface area contributed by atoms with Crippen molar-refractivity contribution >= 4 is 11.6 Å². The number of likely N-dealkylation sites (tertiary alicyclic amines) is 1. The van der Waals surface area contributed by atoms with Crippen molar-refractivity contribution in [3.05, 3.63) is 29.8 Å². The first-order valence-corrected chi connectivity index (χ1v) is 8.00. The number of carbonyl (C=O) groups is 1. The standard InChI is InChI=1S/C17H25N3O/c1-13(20-10-2-3-11-20)12-19-16(21)17(8-9-17)14-4-6-15(18)7-5-14/h4-7,13H,2-3,8-12,18H2,1H3,(H,19,21). The molecule has 1 saturated carbocycles. The number of anilines is 1. The topological polar surface area (TPSA) is 58.4 Å². The van der Waals surface area contributed by atoms with Gasteiger partial charge in [-0.25, -0.2) is 0 Å². The summed E-state index contributed by atoms with van der Waals surface area (Å²) in [7, 11) is 0. The van der Waals surface area contributed by atoms with E-state index in [2.05, 4.69) is 17.1 Å². The second kappa shape index (κ2) is 5.68. The quantitative estimate of drug-likeness (QED) is 0.813. The fraction of sp³-hybridized carbons (Fsp3) is 0.588. The molecule has 0 aromatic heterocycles. The van der Waals surface area contributed by atoms with Gasteiger partial charge in [-0.05, 0) is 63.4 Å². The molecule has 3 rings (SSSR count). The number of carbonyl (C=O) groups excluding carboxylic acids is 1. The van der Waals surface area contributed by atoms with E-state index >= 15 is 0 Å².